The molecule has 2 aromatic carbocycles. The van der Waals surface area contributed by atoms with E-state index in [-0.39, 0.29) is 18.4 Å². The molecule has 0 fully saturated rings. The van der Waals surface area contributed by atoms with E-state index in [9.17, 15) is 14.4 Å². The Morgan fingerprint density at radius 3 is 2.39 bits per heavy atom. The van der Waals surface area contributed by atoms with Crippen molar-refractivity contribution in [3.8, 4) is 0 Å². The van der Waals surface area contributed by atoms with Gasteiger partial charge in [-0.1, -0.05) is 48.5 Å². The summed E-state index contributed by atoms with van der Waals surface area (Å²) >= 11 is 0. The van der Waals surface area contributed by atoms with E-state index in [0.717, 1.165) is 15.8 Å². The number of aryl methyl sites for hydroxylation is 3. The fraction of sp³-hybridized carbons (Fsp3) is 0.200. The highest BCUT2D eigenvalue weighted by molar-refractivity contribution is 5.99. The largest absolute Gasteiger partial charge is 0.348 e. The summed E-state index contributed by atoms with van der Waals surface area (Å²) in [5.41, 5.74) is 4.10. The molecule has 0 aliphatic rings. The van der Waals surface area contributed by atoms with Crippen LogP contribution in [0.2, 0.25) is 0 Å². The number of anilines is 1. The molecule has 0 saturated carbocycles. The Hall–Kier alpha value is -4.20. The SMILES string of the molecule is Cc1ccccc1NC(=O)Cn1ncn2c(C)c(C(=O)NCc3ccccc3)c(C)c2c1=O. The molecule has 33 heavy (non-hydrogen) atoms. The average molecular weight is 444 g/mol. The van der Waals surface area contributed by atoms with Crippen LogP contribution >= 0.6 is 0 Å². The van der Waals surface area contributed by atoms with Crippen LogP contribution in [0.5, 0.6) is 0 Å². The molecule has 2 N–H and O–H groups in total. The van der Waals surface area contributed by atoms with Gasteiger partial charge in [0.15, 0.2) is 0 Å². The number of amides is 2. The maximum atomic E-state index is 13.1. The minimum absolute atomic E-state index is 0.233. The van der Waals surface area contributed by atoms with Crippen LogP contribution in [0.15, 0.2) is 65.7 Å². The molecule has 4 rings (SSSR count). The Morgan fingerprint density at radius 1 is 0.970 bits per heavy atom. The highest BCUT2D eigenvalue weighted by atomic mass is 16.2. The van der Waals surface area contributed by atoms with Crippen molar-refractivity contribution in [1.29, 1.82) is 0 Å². The summed E-state index contributed by atoms with van der Waals surface area (Å²) in [6.45, 7) is 5.55. The molecule has 0 atom stereocenters. The Morgan fingerprint density at radius 2 is 1.67 bits per heavy atom. The molecule has 168 valence electrons. The zero-order valence-electron chi connectivity index (χ0n) is 18.8. The number of para-hydroxylation sites is 1. The molecule has 8 heteroatoms. The fourth-order valence-corrected chi connectivity index (χ4v) is 3.91. The van der Waals surface area contributed by atoms with Gasteiger partial charge >= 0.3 is 0 Å². The van der Waals surface area contributed by atoms with Crippen LogP contribution in [0.4, 0.5) is 5.69 Å². The fourth-order valence-electron chi connectivity index (χ4n) is 3.91. The van der Waals surface area contributed by atoms with Crippen LogP contribution in [0.3, 0.4) is 0 Å². The Bertz CT molecular complexity index is 1400. The minimum atomic E-state index is -0.430. The number of nitrogens with zero attached hydrogens (tertiary/aromatic N) is 3. The summed E-state index contributed by atoms with van der Waals surface area (Å²) in [6.07, 6.45) is 1.47. The number of rotatable bonds is 6. The van der Waals surface area contributed by atoms with E-state index in [4.69, 9.17) is 0 Å². The van der Waals surface area contributed by atoms with Crippen molar-refractivity contribution in [2.24, 2.45) is 0 Å². The van der Waals surface area contributed by atoms with Gasteiger partial charge in [0.2, 0.25) is 5.91 Å². The summed E-state index contributed by atoms with van der Waals surface area (Å²) in [6, 6.07) is 17.0. The maximum absolute atomic E-state index is 13.1. The molecule has 0 saturated heterocycles. The molecule has 0 radical (unpaired) electrons. The normalized spacial score (nSPS) is 10.9. The van der Waals surface area contributed by atoms with E-state index in [2.05, 4.69) is 15.7 Å². The number of fused-ring (bicyclic) bond motifs is 1. The first-order chi connectivity index (χ1) is 15.9. The lowest BCUT2D eigenvalue weighted by atomic mass is 10.1. The monoisotopic (exact) mass is 443 g/mol. The van der Waals surface area contributed by atoms with Crippen molar-refractivity contribution in [2.45, 2.75) is 33.9 Å². The van der Waals surface area contributed by atoms with Gasteiger partial charge in [0.25, 0.3) is 11.5 Å². The molecule has 0 unspecified atom stereocenters. The third kappa shape index (κ3) is 4.41. The topological polar surface area (TPSA) is 97.5 Å². The smallest absolute Gasteiger partial charge is 0.291 e. The standard InChI is InChI=1S/C25H25N5O3/c1-16-9-7-8-12-20(16)28-21(31)14-30-25(33)23-17(2)22(18(3)29(23)15-27-30)24(32)26-13-19-10-5-4-6-11-19/h4-12,15H,13-14H2,1-3H3,(H,26,32)(H,28,31). The van der Waals surface area contributed by atoms with Gasteiger partial charge in [-0.2, -0.15) is 5.10 Å². The van der Waals surface area contributed by atoms with Crippen molar-refractivity contribution in [3.63, 3.8) is 0 Å². The maximum Gasteiger partial charge on any atom is 0.291 e. The van der Waals surface area contributed by atoms with E-state index in [1.807, 2.05) is 55.5 Å². The van der Waals surface area contributed by atoms with E-state index in [1.165, 1.54) is 6.33 Å². The Kier molecular flexibility index (Phi) is 6.08. The van der Waals surface area contributed by atoms with Crippen LogP contribution in [-0.2, 0) is 17.9 Å². The molecule has 0 aliphatic carbocycles. The molecular weight excluding hydrogens is 418 g/mol. The van der Waals surface area contributed by atoms with Crippen LogP contribution in [0, 0.1) is 20.8 Å². The summed E-state index contributed by atoms with van der Waals surface area (Å²) in [5, 5.41) is 9.87. The Balaban J connectivity index is 1.59. The van der Waals surface area contributed by atoms with E-state index in [1.54, 1.807) is 24.3 Å². The third-order valence-corrected chi connectivity index (χ3v) is 5.67. The summed E-state index contributed by atoms with van der Waals surface area (Å²) < 4.78 is 2.71. The minimum Gasteiger partial charge on any atom is -0.348 e. The molecule has 2 amide bonds. The van der Waals surface area contributed by atoms with Gasteiger partial charge in [-0.25, -0.2) is 4.68 Å². The van der Waals surface area contributed by atoms with Crippen molar-refractivity contribution in [1.82, 2.24) is 19.5 Å². The van der Waals surface area contributed by atoms with Gasteiger partial charge in [-0.3, -0.25) is 18.8 Å². The first-order valence-corrected chi connectivity index (χ1v) is 10.6. The zero-order valence-corrected chi connectivity index (χ0v) is 18.8. The molecule has 2 aromatic heterocycles. The van der Waals surface area contributed by atoms with Gasteiger partial charge < -0.3 is 10.6 Å². The van der Waals surface area contributed by atoms with Crippen molar-refractivity contribution in [2.75, 3.05) is 5.32 Å². The van der Waals surface area contributed by atoms with Gasteiger partial charge in [0, 0.05) is 17.9 Å². The number of nitrogens with one attached hydrogen (secondary N) is 2. The molecule has 0 bridgehead atoms. The summed E-state index contributed by atoms with van der Waals surface area (Å²) in [4.78, 5) is 38.6. The number of hydrogen-bond acceptors (Lipinski definition) is 4. The molecule has 0 spiro atoms. The molecular formula is C25H25N5O3. The van der Waals surface area contributed by atoms with Crippen molar-refractivity contribution in [3.05, 3.63) is 99.2 Å². The van der Waals surface area contributed by atoms with E-state index >= 15 is 0 Å². The highest BCUT2D eigenvalue weighted by Gasteiger charge is 2.22. The lowest BCUT2D eigenvalue weighted by molar-refractivity contribution is -0.117. The molecule has 4 aromatic rings. The zero-order chi connectivity index (χ0) is 23.5. The third-order valence-electron chi connectivity index (χ3n) is 5.67. The van der Waals surface area contributed by atoms with Gasteiger partial charge in [-0.15, -0.1) is 0 Å². The van der Waals surface area contributed by atoms with Crippen LogP contribution in [-0.4, -0.2) is 26.0 Å². The Labute approximate surface area is 190 Å². The first-order valence-electron chi connectivity index (χ1n) is 10.6. The number of hydrogen-bond donors (Lipinski definition) is 2. The second kappa shape index (κ2) is 9.12. The predicted octanol–water partition coefficient (Wildman–Crippen LogP) is 2.99. The van der Waals surface area contributed by atoms with Crippen molar-refractivity contribution < 1.29 is 9.59 Å². The number of benzene rings is 2. The quantitative estimate of drug-likeness (QED) is 0.479. The van der Waals surface area contributed by atoms with Crippen LogP contribution in [0.25, 0.3) is 5.52 Å². The predicted molar refractivity (Wildman–Crippen MR) is 126 cm³/mol. The highest BCUT2D eigenvalue weighted by Crippen LogP contribution is 2.20. The van der Waals surface area contributed by atoms with E-state index < -0.39 is 5.56 Å². The number of carbonyl (C=O) groups is 2. The first kappa shape index (κ1) is 22.0. The average Bonchev–Trinajstić information content (AvgIpc) is 3.06. The van der Waals surface area contributed by atoms with Gasteiger partial charge in [0.1, 0.15) is 18.4 Å². The van der Waals surface area contributed by atoms with Crippen LogP contribution < -0.4 is 16.2 Å². The second-order valence-electron chi connectivity index (χ2n) is 7.93. The molecule has 2 heterocycles. The number of carbonyl (C=O) groups excluding carboxylic acids is 2. The van der Waals surface area contributed by atoms with Gasteiger partial charge in [-0.05, 0) is 43.5 Å². The molecule has 8 nitrogen and oxygen atoms in total. The van der Waals surface area contributed by atoms with E-state index in [0.29, 0.717) is 34.6 Å². The van der Waals surface area contributed by atoms with Crippen molar-refractivity contribution >= 4 is 23.0 Å². The van der Waals surface area contributed by atoms with Gasteiger partial charge in [0.05, 0.1) is 5.56 Å². The summed E-state index contributed by atoms with van der Waals surface area (Å²) in [7, 11) is 0. The second-order valence-corrected chi connectivity index (χ2v) is 7.93. The van der Waals surface area contributed by atoms with Crippen LogP contribution in [0.1, 0.15) is 32.7 Å². The molecule has 0 aliphatic heterocycles. The summed E-state index contributed by atoms with van der Waals surface area (Å²) in [5.74, 6) is -0.620. The lowest BCUT2D eigenvalue weighted by Gasteiger charge is -2.09. The lowest BCUT2D eigenvalue weighted by Crippen LogP contribution is -2.31. The number of aromatic nitrogens is 3.